The van der Waals surface area contributed by atoms with Crippen LogP contribution in [0.5, 0.6) is 5.75 Å². The molecule has 0 radical (unpaired) electrons. The van der Waals surface area contributed by atoms with Gasteiger partial charge in [0.25, 0.3) is 0 Å². The second kappa shape index (κ2) is 4.42. The summed E-state index contributed by atoms with van der Waals surface area (Å²) in [4.78, 5) is 10.9. The summed E-state index contributed by atoms with van der Waals surface area (Å²) in [5, 5.41) is 0. The maximum atomic E-state index is 10.9. The van der Waals surface area contributed by atoms with Crippen molar-refractivity contribution in [1.82, 2.24) is 0 Å². The molecule has 1 aliphatic heterocycles. The molecule has 0 amide bonds. The maximum Gasteiger partial charge on any atom is 0.184 e. The second-order valence-electron chi connectivity index (χ2n) is 3.19. The average Bonchev–Trinajstić information content (AvgIpc) is 2.81. The van der Waals surface area contributed by atoms with Crippen LogP contribution in [0, 0.1) is 0 Å². The molecule has 1 saturated heterocycles. The minimum atomic E-state index is -0.420. The third kappa shape index (κ3) is 2.00. The topological polar surface area (TPSA) is 44.8 Å². The molecule has 80 valence electrons. The molecule has 0 N–H and O–H groups in total. The van der Waals surface area contributed by atoms with Gasteiger partial charge in [-0.25, -0.2) is 0 Å². The fourth-order valence-corrected chi connectivity index (χ4v) is 1.53. The van der Waals surface area contributed by atoms with Crippen molar-refractivity contribution in [3.8, 4) is 5.75 Å². The van der Waals surface area contributed by atoms with Crippen LogP contribution in [0.4, 0.5) is 0 Å². The highest BCUT2D eigenvalue weighted by atomic mass is 16.7. The first-order chi connectivity index (χ1) is 7.35. The standard InChI is InChI=1S/C11H12O4/c1-13-9-2-3-10(8(6-9)7-12)11-14-4-5-15-11/h2-3,6-7,11H,4-5H2,1H3. The van der Waals surface area contributed by atoms with Gasteiger partial charge in [-0.1, -0.05) is 0 Å². The van der Waals surface area contributed by atoms with E-state index in [9.17, 15) is 4.79 Å². The first-order valence-corrected chi connectivity index (χ1v) is 4.71. The highest BCUT2D eigenvalue weighted by molar-refractivity contribution is 5.78. The Morgan fingerprint density at radius 1 is 1.40 bits per heavy atom. The van der Waals surface area contributed by atoms with Crippen LogP contribution in [0.15, 0.2) is 18.2 Å². The van der Waals surface area contributed by atoms with Gasteiger partial charge in [-0.05, 0) is 18.2 Å². The lowest BCUT2D eigenvalue weighted by molar-refractivity contribution is -0.0444. The van der Waals surface area contributed by atoms with Gasteiger partial charge in [0, 0.05) is 11.1 Å². The van der Waals surface area contributed by atoms with Gasteiger partial charge in [0.2, 0.25) is 0 Å². The number of ether oxygens (including phenoxy) is 3. The highest BCUT2D eigenvalue weighted by Gasteiger charge is 2.21. The third-order valence-electron chi connectivity index (χ3n) is 2.30. The largest absolute Gasteiger partial charge is 0.497 e. The van der Waals surface area contributed by atoms with Gasteiger partial charge in [0.05, 0.1) is 20.3 Å². The molecule has 1 aromatic carbocycles. The summed E-state index contributed by atoms with van der Waals surface area (Å²) in [5.74, 6) is 0.652. The third-order valence-corrected chi connectivity index (χ3v) is 2.30. The first-order valence-electron chi connectivity index (χ1n) is 4.71. The number of methoxy groups -OCH3 is 1. The smallest absolute Gasteiger partial charge is 0.184 e. The molecule has 0 spiro atoms. The Kier molecular flexibility index (Phi) is 2.99. The Hall–Kier alpha value is -1.39. The van der Waals surface area contributed by atoms with Gasteiger partial charge in [0.1, 0.15) is 5.75 Å². The van der Waals surface area contributed by atoms with Gasteiger partial charge >= 0.3 is 0 Å². The van der Waals surface area contributed by atoms with Crippen molar-refractivity contribution in [2.24, 2.45) is 0 Å². The van der Waals surface area contributed by atoms with E-state index < -0.39 is 6.29 Å². The summed E-state index contributed by atoms with van der Waals surface area (Å²) in [6.45, 7) is 1.13. The molecule has 0 bridgehead atoms. The molecule has 1 aromatic rings. The number of carbonyl (C=O) groups is 1. The van der Waals surface area contributed by atoms with Crippen molar-refractivity contribution in [2.75, 3.05) is 20.3 Å². The quantitative estimate of drug-likeness (QED) is 0.707. The summed E-state index contributed by atoms with van der Waals surface area (Å²) in [6, 6.07) is 5.25. The fraction of sp³-hybridized carbons (Fsp3) is 0.364. The molecular formula is C11H12O4. The van der Waals surface area contributed by atoms with Crippen LogP contribution < -0.4 is 4.74 Å². The Balaban J connectivity index is 2.33. The van der Waals surface area contributed by atoms with Gasteiger partial charge in [-0.2, -0.15) is 0 Å². The number of carbonyl (C=O) groups excluding carboxylic acids is 1. The molecule has 0 unspecified atom stereocenters. The summed E-state index contributed by atoms with van der Waals surface area (Å²) in [6.07, 6.45) is 0.360. The molecular weight excluding hydrogens is 196 g/mol. The SMILES string of the molecule is COc1ccc(C2OCCO2)c(C=O)c1. The lowest BCUT2D eigenvalue weighted by Gasteiger charge is -2.12. The van der Waals surface area contributed by atoms with Gasteiger partial charge < -0.3 is 14.2 Å². The molecule has 2 rings (SSSR count). The predicted octanol–water partition coefficient (Wildman–Crippen LogP) is 1.55. The van der Waals surface area contributed by atoms with Crippen LogP contribution in [0.1, 0.15) is 22.2 Å². The number of hydrogen-bond donors (Lipinski definition) is 0. The highest BCUT2D eigenvalue weighted by Crippen LogP contribution is 2.27. The van der Waals surface area contributed by atoms with Crippen molar-refractivity contribution in [1.29, 1.82) is 0 Å². The molecule has 0 atom stereocenters. The molecule has 4 nitrogen and oxygen atoms in total. The van der Waals surface area contributed by atoms with Crippen molar-refractivity contribution in [3.63, 3.8) is 0 Å². The number of rotatable bonds is 3. The zero-order chi connectivity index (χ0) is 10.7. The monoisotopic (exact) mass is 208 g/mol. The lowest BCUT2D eigenvalue weighted by Crippen LogP contribution is -2.02. The van der Waals surface area contributed by atoms with E-state index in [1.165, 1.54) is 0 Å². The molecule has 1 fully saturated rings. The van der Waals surface area contributed by atoms with E-state index >= 15 is 0 Å². The fourth-order valence-electron chi connectivity index (χ4n) is 1.53. The van der Waals surface area contributed by atoms with E-state index in [2.05, 4.69) is 0 Å². The summed E-state index contributed by atoms with van der Waals surface area (Å²) in [7, 11) is 1.56. The molecule has 0 saturated carbocycles. The van der Waals surface area contributed by atoms with Gasteiger partial charge in [-0.3, -0.25) is 4.79 Å². The van der Waals surface area contributed by atoms with Crippen molar-refractivity contribution < 1.29 is 19.0 Å². The van der Waals surface area contributed by atoms with Crippen molar-refractivity contribution in [3.05, 3.63) is 29.3 Å². The van der Waals surface area contributed by atoms with Crippen LogP contribution >= 0.6 is 0 Å². The summed E-state index contributed by atoms with van der Waals surface area (Å²) < 4.78 is 15.7. The zero-order valence-electron chi connectivity index (χ0n) is 8.43. The van der Waals surface area contributed by atoms with Crippen LogP contribution in [0.3, 0.4) is 0 Å². The molecule has 4 heteroatoms. The zero-order valence-corrected chi connectivity index (χ0v) is 8.43. The van der Waals surface area contributed by atoms with Gasteiger partial charge in [-0.15, -0.1) is 0 Å². The molecule has 15 heavy (non-hydrogen) atoms. The van der Waals surface area contributed by atoms with E-state index in [4.69, 9.17) is 14.2 Å². The Bertz CT molecular complexity index is 356. The second-order valence-corrected chi connectivity index (χ2v) is 3.19. The molecule has 1 heterocycles. The van der Waals surface area contributed by atoms with Crippen molar-refractivity contribution in [2.45, 2.75) is 6.29 Å². The van der Waals surface area contributed by atoms with Crippen LogP contribution in [-0.2, 0) is 9.47 Å². The predicted molar refractivity (Wildman–Crippen MR) is 53.0 cm³/mol. The van der Waals surface area contributed by atoms with Crippen molar-refractivity contribution >= 4 is 6.29 Å². The minimum Gasteiger partial charge on any atom is -0.497 e. The van der Waals surface area contributed by atoms with Gasteiger partial charge in [0.15, 0.2) is 12.6 Å². The Morgan fingerprint density at radius 2 is 2.13 bits per heavy atom. The number of hydrogen-bond acceptors (Lipinski definition) is 4. The van der Waals surface area contributed by atoms with E-state index in [1.54, 1.807) is 25.3 Å². The Morgan fingerprint density at radius 3 is 2.73 bits per heavy atom. The minimum absolute atomic E-state index is 0.420. The van der Waals surface area contributed by atoms with Crippen LogP contribution in [0.25, 0.3) is 0 Å². The Labute approximate surface area is 87.8 Å². The molecule has 0 aromatic heterocycles. The van der Waals surface area contributed by atoms with E-state index in [-0.39, 0.29) is 0 Å². The van der Waals surface area contributed by atoms with E-state index in [0.717, 1.165) is 11.8 Å². The molecule has 0 aliphatic carbocycles. The first kappa shape index (κ1) is 10.1. The van der Waals surface area contributed by atoms with E-state index in [0.29, 0.717) is 24.5 Å². The number of benzene rings is 1. The maximum absolute atomic E-state index is 10.9. The lowest BCUT2D eigenvalue weighted by atomic mass is 10.1. The molecule has 1 aliphatic rings. The normalized spacial score (nSPS) is 16.6. The number of aldehydes is 1. The summed E-state index contributed by atoms with van der Waals surface area (Å²) in [5.41, 5.74) is 1.30. The van der Waals surface area contributed by atoms with E-state index in [1.807, 2.05) is 0 Å². The summed E-state index contributed by atoms with van der Waals surface area (Å²) >= 11 is 0. The average molecular weight is 208 g/mol. The van der Waals surface area contributed by atoms with Crippen LogP contribution in [-0.4, -0.2) is 26.6 Å². The van der Waals surface area contributed by atoms with Crippen LogP contribution in [0.2, 0.25) is 0 Å².